The first-order valence-electron chi connectivity index (χ1n) is 4.52. The Morgan fingerprint density at radius 3 is 2.71 bits per heavy atom. The van der Waals surface area contributed by atoms with E-state index in [-0.39, 0.29) is 11.4 Å². The number of nitrogens with zero attached hydrogens (tertiary/aromatic N) is 1. The molecule has 0 spiro atoms. The molecule has 0 aliphatic rings. The van der Waals surface area contributed by atoms with Gasteiger partial charge in [-0.2, -0.15) is 0 Å². The van der Waals surface area contributed by atoms with E-state index in [1.165, 1.54) is 0 Å². The maximum Gasteiger partial charge on any atom is 0.306 e. The average molecular weight is 367 g/mol. The van der Waals surface area contributed by atoms with Gasteiger partial charge in [0, 0.05) is 10.7 Å². The van der Waals surface area contributed by atoms with Crippen LogP contribution in [0.2, 0.25) is 0 Å². The van der Waals surface area contributed by atoms with Gasteiger partial charge in [-0.1, -0.05) is 15.9 Å². The Kier molecular flexibility index (Phi) is 5.10. The van der Waals surface area contributed by atoms with Gasteiger partial charge in [0.1, 0.15) is 5.69 Å². The van der Waals surface area contributed by atoms with Crippen LogP contribution in [0.25, 0.3) is 0 Å². The highest BCUT2D eigenvalue weighted by molar-refractivity contribution is 9.11. The number of rotatable bonds is 4. The third kappa shape index (κ3) is 4.45. The molecule has 0 saturated carbocycles. The summed E-state index contributed by atoms with van der Waals surface area (Å²) >= 11 is 6.36. The van der Waals surface area contributed by atoms with E-state index in [0.29, 0.717) is 8.95 Å². The number of phenolic OH excluding ortho intramolecular Hbond substituents is 1. The first kappa shape index (κ1) is 14.1. The first-order chi connectivity index (χ1) is 7.90. The van der Waals surface area contributed by atoms with E-state index in [0.717, 1.165) is 6.21 Å². The lowest BCUT2D eigenvalue weighted by Crippen LogP contribution is -2.13. The van der Waals surface area contributed by atoms with E-state index in [9.17, 15) is 15.0 Å². The molecule has 0 aliphatic carbocycles. The minimum Gasteiger partial charge on any atom is -0.505 e. The lowest BCUT2D eigenvalue weighted by molar-refractivity contribution is -0.138. The summed E-state index contributed by atoms with van der Waals surface area (Å²) in [6, 6.07) is 3.19. The minimum atomic E-state index is -1.19. The van der Waals surface area contributed by atoms with Gasteiger partial charge in [0.05, 0.1) is 17.0 Å². The summed E-state index contributed by atoms with van der Waals surface area (Å²) in [5.74, 6) is -1.20. The molecule has 0 amide bonds. The second-order valence-electron chi connectivity index (χ2n) is 3.20. The normalized spacial score (nSPS) is 12.9. The number of aromatic hydroxyl groups is 1. The highest BCUT2D eigenvalue weighted by Crippen LogP contribution is 2.37. The maximum atomic E-state index is 10.3. The fourth-order valence-electron chi connectivity index (χ4n) is 1.05. The van der Waals surface area contributed by atoms with Crippen LogP contribution in [-0.2, 0) is 4.79 Å². The molecule has 3 N–H and O–H groups in total. The maximum absolute atomic E-state index is 10.3. The number of halogens is 2. The second kappa shape index (κ2) is 6.13. The topological polar surface area (TPSA) is 90.1 Å². The van der Waals surface area contributed by atoms with Gasteiger partial charge >= 0.3 is 5.97 Å². The molecule has 5 nitrogen and oxygen atoms in total. The highest BCUT2D eigenvalue weighted by atomic mass is 79.9. The Bertz CT molecular complexity index is 462. The standard InChI is InChI=1S/C10H9Br2NO4/c11-5-1-7(12)10(17)8(2-5)13-4-6(14)3-9(15)16/h1-2,4,6,14,17H,3H2,(H,15,16). The van der Waals surface area contributed by atoms with Crippen LogP contribution in [0.4, 0.5) is 5.69 Å². The summed E-state index contributed by atoms with van der Waals surface area (Å²) < 4.78 is 1.15. The lowest BCUT2D eigenvalue weighted by Gasteiger charge is -2.04. The van der Waals surface area contributed by atoms with Crippen LogP contribution in [0, 0.1) is 0 Å². The van der Waals surface area contributed by atoms with Gasteiger partial charge in [0.25, 0.3) is 0 Å². The van der Waals surface area contributed by atoms with Gasteiger partial charge in [-0.15, -0.1) is 0 Å². The predicted molar refractivity (Wildman–Crippen MR) is 69.9 cm³/mol. The lowest BCUT2D eigenvalue weighted by atomic mass is 10.2. The number of aliphatic hydroxyl groups is 1. The zero-order valence-corrected chi connectivity index (χ0v) is 11.6. The molecule has 0 aliphatic heterocycles. The van der Waals surface area contributed by atoms with Crippen LogP contribution in [0.3, 0.4) is 0 Å². The van der Waals surface area contributed by atoms with Gasteiger partial charge in [-0.3, -0.25) is 9.79 Å². The van der Waals surface area contributed by atoms with Crippen molar-refractivity contribution in [3.63, 3.8) is 0 Å². The Morgan fingerprint density at radius 1 is 1.47 bits per heavy atom. The van der Waals surface area contributed by atoms with Gasteiger partial charge in [0.2, 0.25) is 0 Å². The predicted octanol–water partition coefficient (Wildman–Crippen LogP) is 2.46. The van der Waals surface area contributed by atoms with Crippen molar-refractivity contribution in [1.29, 1.82) is 0 Å². The van der Waals surface area contributed by atoms with Crippen molar-refractivity contribution in [3.8, 4) is 5.75 Å². The van der Waals surface area contributed by atoms with Gasteiger partial charge in [-0.05, 0) is 28.1 Å². The summed E-state index contributed by atoms with van der Waals surface area (Å²) in [7, 11) is 0. The molecule has 0 heterocycles. The summed E-state index contributed by atoms with van der Waals surface area (Å²) in [5, 5.41) is 27.4. The largest absolute Gasteiger partial charge is 0.505 e. The summed E-state index contributed by atoms with van der Waals surface area (Å²) in [4.78, 5) is 14.1. The van der Waals surface area contributed by atoms with E-state index in [1.807, 2.05) is 0 Å². The van der Waals surface area contributed by atoms with Gasteiger partial charge < -0.3 is 15.3 Å². The van der Waals surface area contributed by atoms with Crippen molar-refractivity contribution < 1.29 is 20.1 Å². The molecule has 1 aromatic rings. The Balaban J connectivity index is 2.88. The highest BCUT2D eigenvalue weighted by Gasteiger charge is 2.09. The van der Waals surface area contributed by atoms with E-state index in [1.54, 1.807) is 12.1 Å². The van der Waals surface area contributed by atoms with E-state index in [4.69, 9.17) is 5.11 Å². The van der Waals surface area contributed by atoms with Crippen LogP contribution in [-0.4, -0.2) is 33.6 Å². The number of carboxylic acids is 1. The monoisotopic (exact) mass is 365 g/mol. The zero-order chi connectivity index (χ0) is 13.0. The van der Waals surface area contributed by atoms with Crippen LogP contribution in [0.5, 0.6) is 5.75 Å². The van der Waals surface area contributed by atoms with Crippen molar-refractivity contribution in [3.05, 3.63) is 21.1 Å². The molecule has 1 unspecified atom stereocenters. The molecule has 0 fully saturated rings. The average Bonchev–Trinajstić information content (AvgIpc) is 2.20. The van der Waals surface area contributed by atoms with Gasteiger partial charge in [0.15, 0.2) is 5.75 Å². The second-order valence-corrected chi connectivity index (χ2v) is 4.97. The number of phenols is 1. The molecule has 1 rings (SSSR count). The molecule has 0 radical (unpaired) electrons. The molecule has 92 valence electrons. The molecule has 1 atom stereocenters. The van der Waals surface area contributed by atoms with Crippen LogP contribution in [0.15, 0.2) is 26.1 Å². The van der Waals surface area contributed by atoms with Crippen LogP contribution < -0.4 is 0 Å². The van der Waals surface area contributed by atoms with Crippen LogP contribution in [0.1, 0.15) is 6.42 Å². The Morgan fingerprint density at radius 2 is 2.12 bits per heavy atom. The van der Waals surface area contributed by atoms with E-state index in [2.05, 4.69) is 36.9 Å². The summed E-state index contributed by atoms with van der Waals surface area (Å²) in [5.41, 5.74) is 0.232. The van der Waals surface area contributed by atoms with E-state index >= 15 is 0 Å². The molecule has 17 heavy (non-hydrogen) atoms. The number of aliphatic carboxylic acids is 1. The number of hydrogen-bond donors (Lipinski definition) is 3. The van der Waals surface area contributed by atoms with Crippen molar-refractivity contribution >= 4 is 49.7 Å². The van der Waals surface area contributed by atoms with Gasteiger partial charge in [-0.25, -0.2) is 0 Å². The SMILES string of the molecule is O=C(O)CC(O)C=Nc1cc(Br)cc(Br)c1O. The summed E-state index contributed by atoms with van der Waals surface area (Å²) in [6.07, 6.45) is -0.550. The number of benzene rings is 1. The fraction of sp³-hybridized carbons (Fsp3) is 0.200. The molecule has 1 aromatic carbocycles. The quantitative estimate of drug-likeness (QED) is 0.714. The van der Waals surface area contributed by atoms with Crippen molar-refractivity contribution in [1.82, 2.24) is 0 Å². The number of aliphatic hydroxyl groups excluding tert-OH is 1. The molecule has 0 aromatic heterocycles. The third-order valence-corrected chi connectivity index (χ3v) is 2.84. The van der Waals surface area contributed by atoms with Crippen LogP contribution >= 0.6 is 31.9 Å². The van der Waals surface area contributed by atoms with Crippen molar-refractivity contribution in [2.45, 2.75) is 12.5 Å². The Hall–Kier alpha value is -0.920. The summed E-state index contributed by atoms with van der Waals surface area (Å²) in [6.45, 7) is 0. The zero-order valence-electron chi connectivity index (χ0n) is 8.47. The minimum absolute atomic E-state index is 0.0769. The molecule has 0 saturated heterocycles. The van der Waals surface area contributed by atoms with Crippen molar-refractivity contribution in [2.75, 3.05) is 0 Å². The molecular weight excluding hydrogens is 358 g/mol. The third-order valence-electron chi connectivity index (χ3n) is 1.78. The Labute approximate surface area is 114 Å². The molecule has 0 bridgehead atoms. The smallest absolute Gasteiger partial charge is 0.306 e. The first-order valence-corrected chi connectivity index (χ1v) is 6.11. The fourth-order valence-corrected chi connectivity index (χ4v) is 2.25. The number of hydrogen-bond acceptors (Lipinski definition) is 4. The molecule has 7 heteroatoms. The number of carboxylic acid groups (broad SMARTS) is 1. The number of aliphatic imine (C=N–C) groups is 1. The number of carbonyl (C=O) groups is 1. The molecular formula is C10H9Br2NO4. The van der Waals surface area contributed by atoms with Crippen molar-refractivity contribution in [2.24, 2.45) is 4.99 Å². The van der Waals surface area contributed by atoms with E-state index < -0.39 is 18.5 Å².